The van der Waals surface area contributed by atoms with Crippen LogP contribution in [0, 0.1) is 5.92 Å². The van der Waals surface area contributed by atoms with Gasteiger partial charge in [0.25, 0.3) is 0 Å². The first kappa shape index (κ1) is 11.9. The van der Waals surface area contributed by atoms with E-state index >= 15 is 0 Å². The summed E-state index contributed by atoms with van der Waals surface area (Å²) in [6, 6.07) is 0.797. The average Bonchev–Trinajstić information content (AvgIpc) is 2.99. The molecule has 1 aliphatic heterocycles. The lowest BCUT2D eigenvalue weighted by Crippen LogP contribution is -2.50. The highest BCUT2D eigenvalue weighted by Gasteiger charge is 2.36. The van der Waals surface area contributed by atoms with Crippen LogP contribution in [-0.2, 0) is 4.79 Å². The molecule has 92 valence electrons. The molecule has 1 saturated carbocycles. The molecule has 3 unspecified atom stereocenters. The number of carbonyl (C=O) groups excluding carboxylic acids is 1. The van der Waals surface area contributed by atoms with Crippen molar-refractivity contribution < 1.29 is 4.79 Å². The summed E-state index contributed by atoms with van der Waals surface area (Å²) in [5.74, 6) is 0.788. The number of carbonyl (C=O) groups is 1. The fraction of sp³-hybridized carbons (Fsp3) is 0.917. The normalized spacial score (nSPS) is 32.7. The Morgan fingerprint density at radius 3 is 2.75 bits per heavy atom. The van der Waals surface area contributed by atoms with Gasteiger partial charge in [-0.05, 0) is 38.6 Å². The maximum Gasteiger partial charge on any atom is 0.237 e. The second kappa shape index (κ2) is 4.72. The summed E-state index contributed by atoms with van der Waals surface area (Å²) in [7, 11) is 0. The van der Waals surface area contributed by atoms with Crippen LogP contribution in [0.1, 0.15) is 33.1 Å². The Bertz CT molecular complexity index is 265. The average molecular weight is 225 g/mol. The van der Waals surface area contributed by atoms with Crippen LogP contribution in [0.25, 0.3) is 0 Å². The standard InChI is InChI=1S/C12H23N3O/c1-8-5-6-15(11(8)7-13)9(2)12(16)14-10-3-4-10/h8-11H,3-7,13H2,1-2H3,(H,14,16). The molecule has 1 saturated heterocycles. The predicted molar refractivity (Wildman–Crippen MR) is 64.0 cm³/mol. The zero-order valence-electron chi connectivity index (χ0n) is 10.3. The topological polar surface area (TPSA) is 58.4 Å². The van der Waals surface area contributed by atoms with Crippen molar-refractivity contribution in [3.8, 4) is 0 Å². The molecule has 2 aliphatic rings. The van der Waals surface area contributed by atoms with E-state index in [0.717, 1.165) is 25.8 Å². The van der Waals surface area contributed by atoms with E-state index in [-0.39, 0.29) is 11.9 Å². The van der Waals surface area contributed by atoms with E-state index in [9.17, 15) is 4.79 Å². The molecule has 4 heteroatoms. The van der Waals surface area contributed by atoms with E-state index in [1.165, 1.54) is 0 Å². The Hall–Kier alpha value is -0.610. The summed E-state index contributed by atoms with van der Waals surface area (Å²) in [6.45, 7) is 5.88. The third kappa shape index (κ3) is 2.38. The van der Waals surface area contributed by atoms with Crippen molar-refractivity contribution in [1.29, 1.82) is 0 Å². The number of likely N-dealkylation sites (tertiary alicyclic amines) is 1. The molecular weight excluding hydrogens is 202 g/mol. The van der Waals surface area contributed by atoms with Gasteiger partial charge < -0.3 is 11.1 Å². The molecule has 1 heterocycles. The fourth-order valence-electron chi connectivity index (χ4n) is 2.59. The van der Waals surface area contributed by atoms with Crippen LogP contribution in [0.2, 0.25) is 0 Å². The van der Waals surface area contributed by atoms with E-state index in [1.807, 2.05) is 6.92 Å². The number of amides is 1. The first-order chi connectivity index (χ1) is 7.63. The van der Waals surface area contributed by atoms with Crippen molar-refractivity contribution in [3.05, 3.63) is 0 Å². The summed E-state index contributed by atoms with van der Waals surface area (Å²) in [6.07, 6.45) is 3.45. The summed E-state index contributed by atoms with van der Waals surface area (Å²) >= 11 is 0. The minimum absolute atomic E-state index is 0.0286. The SMILES string of the molecule is CC1CCN(C(C)C(=O)NC2CC2)C1CN. The number of nitrogens with two attached hydrogens (primary N) is 1. The van der Waals surface area contributed by atoms with Gasteiger partial charge in [-0.1, -0.05) is 6.92 Å². The maximum absolute atomic E-state index is 12.0. The van der Waals surface area contributed by atoms with Crippen LogP contribution in [0.4, 0.5) is 0 Å². The number of hydrogen-bond acceptors (Lipinski definition) is 3. The summed E-state index contributed by atoms with van der Waals surface area (Å²) in [5.41, 5.74) is 5.79. The highest BCUT2D eigenvalue weighted by molar-refractivity contribution is 5.82. The molecule has 0 spiro atoms. The van der Waals surface area contributed by atoms with Gasteiger partial charge in [0, 0.05) is 18.6 Å². The van der Waals surface area contributed by atoms with Crippen LogP contribution >= 0.6 is 0 Å². The van der Waals surface area contributed by atoms with Gasteiger partial charge in [0.1, 0.15) is 0 Å². The Balaban J connectivity index is 1.91. The summed E-state index contributed by atoms with van der Waals surface area (Å²) in [5, 5.41) is 3.07. The smallest absolute Gasteiger partial charge is 0.237 e. The van der Waals surface area contributed by atoms with Crippen LogP contribution in [-0.4, -0.2) is 42.0 Å². The number of hydrogen-bond donors (Lipinski definition) is 2. The Labute approximate surface area is 97.6 Å². The molecule has 2 rings (SSSR count). The van der Waals surface area contributed by atoms with Crippen molar-refractivity contribution in [2.24, 2.45) is 11.7 Å². The monoisotopic (exact) mass is 225 g/mol. The van der Waals surface area contributed by atoms with Crippen LogP contribution in [0.3, 0.4) is 0 Å². The first-order valence-electron chi connectivity index (χ1n) is 6.39. The molecule has 2 fully saturated rings. The highest BCUT2D eigenvalue weighted by atomic mass is 16.2. The van der Waals surface area contributed by atoms with Gasteiger partial charge in [-0.3, -0.25) is 9.69 Å². The largest absolute Gasteiger partial charge is 0.352 e. The van der Waals surface area contributed by atoms with E-state index in [2.05, 4.69) is 17.1 Å². The van der Waals surface area contributed by atoms with Gasteiger partial charge in [-0.25, -0.2) is 0 Å². The second-order valence-corrected chi connectivity index (χ2v) is 5.27. The molecule has 1 amide bonds. The molecule has 4 nitrogen and oxygen atoms in total. The van der Waals surface area contributed by atoms with Crippen LogP contribution in [0.15, 0.2) is 0 Å². The van der Waals surface area contributed by atoms with Crippen LogP contribution in [0.5, 0.6) is 0 Å². The molecule has 16 heavy (non-hydrogen) atoms. The number of nitrogens with one attached hydrogen (secondary N) is 1. The van der Waals surface area contributed by atoms with Crippen molar-refractivity contribution >= 4 is 5.91 Å². The van der Waals surface area contributed by atoms with Gasteiger partial charge in [0.15, 0.2) is 0 Å². The summed E-state index contributed by atoms with van der Waals surface area (Å²) in [4.78, 5) is 14.2. The third-order valence-electron chi connectivity index (χ3n) is 3.97. The predicted octanol–water partition coefficient (Wildman–Crippen LogP) is 0.323. The highest BCUT2D eigenvalue weighted by Crippen LogP contribution is 2.26. The molecule has 1 aliphatic carbocycles. The molecular formula is C12H23N3O. The lowest BCUT2D eigenvalue weighted by atomic mass is 10.0. The van der Waals surface area contributed by atoms with E-state index in [1.54, 1.807) is 0 Å². The minimum atomic E-state index is -0.0286. The molecule has 0 bridgehead atoms. The second-order valence-electron chi connectivity index (χ2n) is 5.27. The van der Waals surface area contributed by atoms with Gasteiger partial charge in [-0.2, -0.15) is 0 Å². The first-order valence-corrected chi connectivity index (χ1v) is 6.39. The Kier molecular flexibility index (Phi) is 3.50. The number of rotatable bonds is 4. The minimum Gasteiger partial charge on any atom is -0.352 e. The lowest BCUT2D eigenvalue weighted by molar-refractivity contribution is -0.126. The Morgan fingerprint density at radius 2 is 2.19 bits per heavy atom. The van der Waals surface area contributed by atoms with Gasteiger partial charge >= 0.3 is 0 Å². The van der Waals surface area contributed by atoms with Crippen molar-refractivity contribution in [3.63, 3.8) is 0 Å². The third-order valence-corrected chi connectivity index (χ3v) is 3.97. The Morgan fingerprint density at radius 1 is 1.50 bits per heavy atom. The molecule has 0 aromatic carbocycles. The van der Waals surface area contributed by atoms with E-state index in [0.29, 0.717) is 24.5 Å². The van der Waals surface area contributed by atoms with E-state index in [4.69, 9.17) is 5.73 Å². The van der Waals surface area contributed by atoms with Gasteiger partial charge in [0.2, 0.25) is 5.91 Å². The number of nitrogens with zero attached hydrogens (tertiary/aromatic N) is 1. The van der Waals surface area contributed by atoms with Crippen LogP contribution < -0.4 is 11.1 Å². The molecule has 0 radical (unpaired) electrons. The van der Waals surface area contributed by atoms with Crippen molar-refractivity contribution in [2.75, 3.05) is 13.1 Å². The molecule has 0 aromatic rings. The van der Waals surface area contributed by atoms with Gasteiger partial charge in [-0.15, -0.1) is 0 Å². The zero-order valence-corrected chi connectivity index (χ0v) is 10.3. The van der Waals surface area contributed by atoms with Crippen molar-refractivity contribution in [1.82, 2.24) is 10.2 Å². The van der Waals surface area contributed by atoms with Crippen molar-refractivity contribution in [2.45, 2.75) is 51.2 Å². The molecule has 3 atom stereocenters. The summed E-state index contributed by atoms with van der Waals surface area (Å²) < 4.78 is 0. The lowest BCUT2D eigenvalue weighted by Gasteiger charge is -2.30. The maximum atomic E-state index is 12.0. The zero-order chi connectivity index (χ0) is 11.7. The van der Waals surface area contributed by atoms with Gasteiger partial charge in [0.05, 0.1) is 6.04 Å². The molecule has 3 N–H and O–H groups in total. The molecule has 0 aromatic heterocycles. The quantitative estimate of drug-likeness (QED) is 0.724. The fourth-order valence-corrected chi connectivity index (χ4v) is 2.59. The van der Waals surface area contributed by atoms with E-state index < -0.39 is 0 Å².